The highest BCUT2D eigenvalue weighted by molar-refractivity contribution is 7.92. The molecule has 1 aliphatic heterocycles. The number of sulfone groups is 1. The fourth-order valence-electron chi connectivity index (χ4n) is 3.12. The molecule has 0 aromatic heterocycles. The maximum atomic E-state index is 13.8. The van der Waals surface area contributed by atoms with Crippen molar-refractivity contribution in [2.75, 3.05) is 13.1 Å². The van der Waals surface area contributed by atoms with Crippen molar-refractivity contribution in [1.29, 1.82) is 0 Å². The number of aryl methyl sites for hydroxylation is 1. The van der Waals surface area contributed by atoms with Crippen LogP contribution in [0.15, 0.2) is 47.4 Å². The zero-order valence-electron chi connectivity index (χ0n) is 14.3. The van der Waals surface area contributed by atoms with Crippen LogP contribution in [0.1, 0.15) is 28.8 Å². The first-order valence-electron chi connectivity index (χ1n) is 8.34. The van der Waals surface area contributed by atoms with Gasteiger partial charge < -0.3 is 4.90 Å². The van der Waals surface area contributed by atoms with E-state index < -0.39 is 32.6 Å². The van der Waals surface area contributed by atoms with Gasteiger partial charge in [-0.3, -0.25) is 4.79 Å². The minimum atomic E-state index is -3.47. The number of likely N-dealkylation sites (tertiary alicyclic amines) is 1. The molecule has 1 saturated heterocycles. The molecule has 0 radical (unpaired) electrons. The van der Waals surface area contributed by atoms with Crippen molar-refractivity contribution in [2.45, 2.75) is 29.9 Å². The van der Waals surface area contributed by atoms with E-state index in [2.05, 4.69) is 0 Å². The van der Waals surface area contributed by atoms with E-state index in [0.29, 0.717) is 6.07 Å². The Morgan fingerprint density at radius 3 is 2.23 bits per heavy atom. The van der Waals surface area contributed by atoms with E-state index in [1.54, 1.807) is 24.3 Å². The molecule has 2 aromatic carbocycles. The number of hydrogen-bond donors (Lipinski definition) is 0. The highest BCUT2D eigenvalue weighted by atomic mass is 32.2. The first-order chi connectivity index (χ1) is 12.3. The summed E-state index contributed by atoms with van der Waals surface area (Å²) in [6, 6.07) is 9.51. The smallest absolute Gasteiger partial charge is 0.256 e. The van der Waals surface area contributed by atoms with E-state index in [0.717, 1.165) is 17.7 Å². The summed E-state index contributed by atoms with van der Waals surface area (Å²) in [6.07, 6.45) is 0.565. The Balaban J connectivity index is 1.70. The number of piperidine rings is 1. The maximum Gasteiger partial charge on any atom is 0.256 e. The first-order valence-corrected chi connectivity index (χ1v) is 9.88. The van der Waals surface area contributed by atoms with Gasteiger partial charge >= 0.3 is 0 Å². The minimum Gasteiger partial charge on any atom is -0.338 e. The molecule has 4 nitrogen and oxygen atoms in total. The Kier molecular flexibility index (Phi) is 5.09. The summed E-state index contributed by atoms with van der Waals surface area (Å²) in [6.45, 7) is 2.31. The number of halogens is 2. The standard InChI is InChI=1S/C19H19F2NO3S/c1-13-2-5-15(6-3-13)26(24,25)16-8-10-22(11-9-16)19(23)17-7-4-14(20)12-18(17)21/h2-7,12,16H,8-11H2,1H3. The molecule has 0 bridgehead atoms. The van der Waals surface area contributed by atoms with Gasteiger partial charge in [0.15, 0.2) is 9.84 Å². The number of carbonyl (C=O) groups is 1. The van der Waals surface area contributed by atoms with Gasteiger partial charge in [-0.1, -0.05) is 17.7 Å². The quantitative estimate of drug-likeness (QED) is 0.822. The number of nitrogens with zero attached hydrogens (tertiary/aromatic N) is 1. The third-order valence-corrected chi connectivity index (χ3v) is 6.96. The summed E-state index contributed by atoms with van der Waals surface area (Å²) in [5.74, 6) is -2.21. The Morgan fingerprint density at radius 2 is 1.65 bits per heavy atom. The number of rotatable bonds is 3. The number of benzene rings is 2. The molecule has 0 spiro atoms. The molecule has 0 aliphatic carbocycles. The van der Waals surface area contributed by atoms with Crippen LogP contribution in [0.25, 0.3) is 0 Å². The Hall–Kier alpha value is -2.28. The lowest BCUT2D eigenvalue weighted by Crippen LogP contribution is -2.42. The van der Waals surface area contributed by atoms with Crippen molar-refractivity contribution in [3.05, 3.63) is 65.2 Å². The second-order valence-electron chi connectivity index (χ2n) is 6.47. The molecular formula is C19H19F2NO3S. The average molecular weight is 379 g/mol. The second kappa shape index (κ2) is 7.15. The van der Waals surface area contributed by atoms with E-state index in [1.165, 1.54) is 4.90 Å². The molecule has 0 saturated carbocycles. The topological polar surface area (TPSA) is 54.5 Å². The predicted octanol–water partition coefficient (Wildman–Crippen LogP) is 3.35. The summed E-state index contributed by atoms with van der Waals surface area (Å²) in [5, 5.41) is -0.577. The second-order valence-corrected chi connectivity index (χ2v) is 8.70. The van der Waals surface area contributed by atoms with Gasteiger partial charge in [0, 0.05) is 19.2 Å². The van der Waals surface area contributed by atoms with Gasteiger partial charge in [-0.15, -0.1) is 0 Å². The van der Waals surface area contributed by atoms with Gasteiger partial charge in [0.2, 0.25) is 0 Å². The molecule has 0 N–H and O–H groups in total. The van der Waals surface area contributed by atoms with Crippen LogP contribution >= 0.6 is 0 Å². The van der Waals surface area contributed by atoms with Crippen LogP contribution in [0.2, 0.25) is 0 Å². The van der Waals surface area contributed by atoms with Gasteiger partial charge in [-0.2, -0.15) is 0 Å². The largest absolute Gasteiger partial charge is 0.338 e. The normalized spacial score (nSPS) is 15.9. The highest BCUT2D eigenvalue weighted by Crippen LogP contribution is 2.26. The molecule has 1 amide bonds. The number of carbonyl (C=O) groups excluding carboxylic acids is 1. The van der Waals surface area contributed by atoms with Crippen LogP contribution in [0.3, 0.4) is 0 Å². The number of amides is 1. The predicted molar refractivity (Wildman–Crippen MR) is 93.6 cm³/mol. The van der Waals surface area contributed by atoms with Gasteiger partial charge in [0.25, 0.3) is 5.91 Å². The molecule has 3 rings (SSSR count). The van der Waals surface area contributed by atoms with Crippen LogP contribution in [0.4, 0.5) is 8.78 Å². The van der Waals surface area contributed by atoms with E-state index in [-0.39, 0.29) is 36.4 Å². The lowest BCUT2D eigenvalue weighted by Gasteiger charge is -2.32. The van der Waals surface area contributed by atoms with E-state index in [9.17, 15) is 22.0 Å². The van der Waals surface area contributed by atoms with E-state index in [1.807, 2.05) is 6.92 Å². The van der Waals surface area contributed by atoms with Crippen LogP contribution in [-0.2, 0) is 9.84 Å². The molecule has 2 aromatic rings. The van der Waals surface area contributed by atoms with Crippen LogP contribution in [-0.4, -0.2) is 37.6 Å². The fraction of sp³-hybridized carbons (Fsp3) is 0.316. The Bertz CT molecular complexity index is 918. The van der Waals surface area contributed by atoms with Crippen LogP contribution in [0, 0.1) is 18.6 Å². The number of hydrogen-bond acceptors (Lipinski definition) is 3. The van der Waals surface area contributed by atoms with Crippen LogP contribution in [0.5, 0.6) is 0 Å². The Labute approximate surface area is 151 Å². The molecular weight excluding hydrogens is 360 g/mol. The van der Waals surface area contributed by atoms with Gasteiger partial charge in [0.05, 0.1) is 15.7 Å². The van der Waals surface area contributed by atoms with Crippen LogP contribution < -0.4 is 0 Å². The van der Waals surface area contributed by atoms with Crippen molar-refractivity contribution < 1.29 is 22.0 Å². The fourth-order valence-corrected chi connectivity index (χ4v) is 4.85. The van der Waals surface area contributed by atoms with Crippen molar-refractivity contribution in [3.63, 3.8) is 0 Å². The summed E-state index contributed by atoms with van der Waals surface area (Å²) in [5.41, 5.74) is 0.775. The zero-order chi connectivity index (χ0) is 18.9. The van der Waals surface area contributed by atoms with Gasteiger partial charge in [0.1, 0.15) is 11.6 Å². The van der Waals surface area contributed by atoms with Crippen molar-refractivity contribution in [1.82, 2.24) is 4.90 Å². The highest BCUT2D eigenvalue weighted by Gasteiger charge is 2.33. The Morgan fingerprint density at radius 1 is 1.04 bits per heavy atom. The monoisotopic (exact) mass is 379 g/mol. The zero-order valence-corrected chi connectivity index (χ0v) is 15.1. The minimum absolute atomic E-state index is 0.203. The van der Waals surface area contributed by atoms with Crippen molar-refractivity contribution >= 4 is 15.7 Å². The maximum absolute atomic E-state index is 13.8. The molecule has 26 heavy (non-hydrogen) atoms. The summed E-state index contributed by atoms with van der Waals surface area (Å²) in [4.78, 5) is 14.1. The average Bonchev–Trinajstić information content (AvgIpc) is 2.62. The molecule has 0 atom stereocenters. The molecule has 0 unspecified atom stereocenters. The third-order valence-electron chi connectivity index (χ3n) is 4.68. The molecule has 1 aliphatic rings. The lowest BCUT2D eigenvalue weighted by atomic mass is 10.1. The van der Waals surface area contributed by atoms with E-state index >= 15 is 0 Å². The summed E-state index contributed by atoms with van der Waals surface area (Å²) >= 11 is 0. The molecule has 7 heteroatoms. The summed E-state index contributed by atoms with van der Waals surface area (Å²) in [7, 11) is -3.47. The molecule has 138 valence electrons. The SMILES string of the molecule is Cc1ccc(S(=O)(=O)C2CCN(C(=O)c3ccc(F)cc3F)CC2)cc1. The lowest BCUT2D eigenvalue weighted by molar-refractivity contribution is 0.0721. The van der Waals surface area contributed by atoms with Gasteiger partial charge in [-0.05, 0) is 44.0 Å². The van der Waals surface area contributed by atoms with E-state index in [4.69, 9.17) is 0 Å². The molecule has 1 fully saturated rings. The van der Waals surface area contributed by atoms with Gasteiger partial charge in [-0.25, -0.2) is 17.2 Å². The molecule has 1 heterocycles. The third kappa shape index (κ3) is 3.62. The summed E-state index contributed by atoms with van der Waals surface area (Å²) < 4.78 is 52.2. The first kappa shape index (κ1) is 18.5. The van der Waals surface area contributed by atoms with Crippen molar-refractivity contribution in [2.24, 2.45) is 0 Å². The van der Waals surface area contributed by atoms with Crippen molar-refractivity contribution in [3.8, 4) is 0 Å².